The predicted molar refractivity (Wildman–Crippen MR) is 45.8 cm³/mol. The molecule has 0 saturated carbocycles. The van der Waals surface area contributed by atoms with Gasteiger partial charge in [-0.2, -0.15) is 0 Å². The number of carbonyl (C=O) groups excluding carboxylic acids is 1. The van der Waals surface area contributed by atoms with E-state index in [0.29, 0.717) is 26.4 Å². The Kier molecular flexibility index (Phi) is 8.90. The Hall–Kier alpha value is -0.690. The van der Waals surface area contributed by atoms with E-state index in [1.165, 1.54) is 0 Å². The lowest BCUT2D eigenvalue weighted by Gasteiger charge is -2.05. The molecule has 0 atom stereocenters. The molecular formula is C7H16N2O4. The molecule has 0 aromatic rings. The third-order valence-corrected chi connectivity index (χ3v) is 1.07. The van der Waals surface area contributed by atoms with Gasteiger partial charge in [-0.1, -0.05) is 0 Å². The zero-order chi connectivity index (χ0) is 9.94. The highest BCUT2D eigenvalue weighted by atomic mass is 16.7. The van der Waals surface area contributed by atoms with Crippen LogP contribution in [-0.2, 0) is 19.1 Å². The van der Waals surface area contributed by atoms with Crippen molar-refractivity contribution in [3.8, 4) is 0 Å². The molecule has 0 spiro atoms. The van der Waals surface area contributed by atoms with Crippen molar-refractivity contribution >= 4 is 5.91 Å². The van der Waals surface area contributed by atoms with Crippen LogP contribution in [0.1, 0.15) is 0 Å². The third-order valence-electron chi connectivity index (χ3n) is 1.07. The lowest BCUT2D eigenvalue weighted by atomic mass is 10.6. The third kappa shape index (κ3) is 9.22. The van der Waals surface area contributed by atoms with Crippen LogP contribution >= 0.6 is 0 Å². The summed E-state index contributed by atoms with van der Waals surface area (Å²) in [6.45, 7) is 1.48. The molecule has 0 heterocycles. The maximum absolute atomic E-state index is 10.8. The first-order valence-corrected chi connectivity index (χ1v) is 3.98. The molecule has 1 amide bonds. The fourth-order valence-corrected chi connectivity index (χ4v) is 0.534. The number of nitrogens with two attached hydrogens (primary N) is 1. The second kappa shape index (κ2) is 9.40. The summed E-state index contributed by atoms with van der Waals surface area (Å²) < 4.78 is 9.55. The van der Waals surface area contributed by atoms with Gasteiger partial charge in [0.25, 0.3) is 5.91 Å². The van der Waals surface area contributed by atoms with Crippen LogP contribution < -0.4 is 11.2 Å². The van der Waals surface area contributed by atoms with E-state index in [1.807, 2.05) is 0 Å². The number of ether oxygens (including phenoxy) is 2. The van der Waals surface area contributed by atoms with E-state index >= 15 is 0 Å². The summed E-state index contributed by atoms with van der Waals surface area (Å²) in [5.41, 5.74) is 7.34. The van der Waals surface area contributed by atoms with Crippen LogP contribution in [0.15, 0.2) is 0 Å². The SMILES string of the molecule is COCCONC(=O)COCCN. The maximum Gasteiger partial charge on any atom is 0.269 e. The number of hydrogen-bond acceptors (Lipinski definition) is 5. The summed E-state index contributed by atoms with van der Waals surface area (Å²) in [4.78, 5) is 15.6. The monoisotopic (exact) mass is 192 g/mol. The molecule has 13 heavy (non-hydrogen) atoms. The lowest BCUT2D eigenvalue weighted by Crippen LogP contribution is -2.29. The fourth-order valence-electron chi connectivity index (χ4n) is 0.534. The van der Waals surface area contributed by atoms with Gasteiger partial charge in [0, 0.05) is 13.7 Å². The number of hydrogen-bond donors (Lipinski definition) is 2. The maximum atomic E-state index is 10.8. The van der Waals surface area contributed by atoms with Gasteiger partial charge in [-0.15, -0.1) is 0 Å². The topological polar surface area (TPSA) is 82.8 Å². The van der Waals surface area contributed by atoms with E-state index in [-0.39, 0.29) is 12.5 Å². The molecule has 6 nitrogen and oxygen atoms in total. The molecule has 0 aliphatic heterocycles. The summed E-state index contributed by atoms with van der Waals surface area (Å²) in [5, 5.41) is 0. The van der Waals surface area contributed by atoms with Crippen LogP contribution in [0, 0.1) is 0 Å². The van der Waals surface area contributed by atoms with E-state index in [2.05, 4.69) is 5.48 Å². The minimum absolute atomic E-state index is 0.0375. The quantitative estimate of drug-likeness (QED) is 0.367. The van der Waals surface area contributed by atoms with Crippen LogP contribution in [-0.4, -0.2) is 46.0 Å². The highest BCUT2D eigenvalue weighted by Gasteiger charge is 1.99. The van der Waals surface area contributed by atoms with E-state index in [0.717, 1.165) is 0 Å². The van der Waals surface area contributed by atoms with Gasteiger partial charge in [0.05, 0.1) is 19.8 Å². The second-order valence-corrected chi connectivity index (χ2v) is 2.21. The van der Waals surface area contributed by atoms with Crippen molar-refractivity contribution in [2.24, 2.45) is 5.73 Å². The van der Waals surface area contributed by atoms with Crippen LogP contribution in [0.2, 0.25) is 0 Å². The molecule has 0 aromatic carbocycles. The van der Waals surface area contributed by atoms with Gasteiger partial charge >= 0.3 is 0 Å². The highest BCUT2D eigenvalue weighted by Crippen LogP contribution is 1.75. The molecule has 0 bridgehead atoms. The number of methoxy groups -OCH3 is 1. The van der Waals surface area contributed by atoms with Crippen LogP contribution in [0.25, 0.3) is 0 Å². The minimum Gasteiger partial charge on any atom is -0.382 e. The van der Waals surface area contributed by atoms with Crippen molar-refractivity contribution in [2.75, 3.05) is 40.1 Å². The highest BCUT2D eigenvalue weighted by molar-refractivity contribution is 5.75. The molecule has 3 N–H and O–H groups in total. The van der Waals surface area contributed by atoms with Gasteiger partial charge in [0.15, 0.2) is 0 Å². The summed E-state index contributed by atoms with van der Waals surface area (Å²) >= 11 is 0. The Morgan fingerprint density at radius 1 is 1.38 bits per heavy atom. The molecule has 0 rings (SSSR count). The normalized spacial score (nSPS) is 10.0. The van der Waals surface area contributed by atoms with E-state index in [4.69, 9.17) is 20.0 Å². The molecule has 0 aliphatic carbocycles. The van der Waals surface area contributed by atoms with Crippen molar-refractivity contribution in [1.29, 1.82) is 0 Å². The molecule has 0 aliphatic rings. The van der Waals surface area contributed by atoms with Gasteiger partial charge in [0.1, 0.15) is 6.61 Å². The van der Waals surface area contributed by atoms with Crippen molar-refractivity contribution in [1.82, 2.24) is 5.48 Å². The Morgan fingerprint density at radius 2 is 2.15 bits per heavy atom. The van der Waals surface area contributed by atoms with Gasteiger partial charge < -0.3 is 15.2 Å². The molecule has 0 fully saturated rings. The summed E-state index contributed by atoms with van der Waals surface area (Å²) in [6, 6.07) is 0. The predicted octanol–water partition coefficient (Wildman–Crippen LogP) is -1.34. The number of rotatable bonds is 8. The minimum atomic E-state index is -0.329. The average Bonchev–Trinajstić information content (AvgIpc) is 2.13. The smallest absolute Gasteiger partial charge is 0.269 e. The van der Waals surface area contributed by atoms with Crippen LogP contribution in [0.4, 0.5) is 0 Å². The molecule has 78 valence electrons. The van der Waals surface area contributed by atoms with Gasteiger partial charge in [-0.25, -0.2) is 5.48 Å². The Morgan fingerprint density at radius 3 is 2.77 bits per heavy atom. The number of amides is 1. The Bertz CT molecular complexity index is 132. The van der Waals surface area contributed by atoms with Crippen molar-refractivity contribution in [3.05, 3.63) is 0 Å². The second-order valence-electron chi connectivity index (χ2n) is 2.21. The van der Waals surface area contributed by atoms with Gasteiger partial charge in [-0.05, 0) is 0 Å². The van der Waals surface area contributed by atoms with Gasteiger partial charge in [0.2, 0.25) is 0 Å². The van der Waals surface area contributed by atoms with Crippen molar-refractivity contribution in [2.45, 2.75) is 0 Å². The van der Waals surface area contributed by atoms with E-state index in [9.17, 15) is 4.79 Å². The number of carbonyl (C=O) groups is 1. The zero-order valence-corrected chi connectivity index (χ0v) is 7.75. The van der Waals surface area contributed by atoms with E-state index in [1.54, 1.807) is 7.11 Å². The molecule has 0 radical (unpaired) electrons. The molecule has 0 aromatic heterocycles. The standard InChI is InChI=1S/C7H16N2O4/c1-11-4-5-13-9-7(10)6-12-3-2-8/h2-6,8H2,1H3,(H,9,10). The molecule has 0 saturated heterocycles. The first-order valence-electron chi connectivity index (χ1n) is 3.98. The van der Waals surface area contributed by atoms with Gasteiger partial charge in [-0.3, -0.25) is 9.63 Å². The van der Waals surface area contributed by atoms with Crippen LogP contribution in [0.5, 0.6) is 0 Å². The zero-order valence-electron chi connectivity index (χ0n) is 7.75. The van der Waals surface area contributed by atoms with Crippen molar-refractivity contribution < 1.29 is 19.1 Å². The first kappa shape index (κ1) is 12.3. The number of nitrogens with one attached hydrogen (secondary N) is 1. The molecule has 0 unspecified atom stereocenters. The lowest BCUT2D eigenvalue weighted by molar-refractivity contribution is -0.139. The molecular weight excluding hydrogens is 176 g/mol. The van der Waals surface area contributed by atoms with Crippen molar-refractivity contribution in [3.63, 3.8) is 0 Å². The Balaban J connectivity index is 3.11. The number of hydroxylamine groups is 1. The summed E-state index contributed by atoms with van der Waals surface area (Å²) in [5.74, 6) is -0.329. The average molecular weight is 192 g/mol. The van der Waals surface area contributed by atoms with Crippen LogP contribution in [0.3, 0.4) is 0 Å². The summed E-state index contributed by atoms with van der Waals surface area (Å²) in [7, 11) is 1.55. The summed E-state index contributed by atoms with van der Waals surface area (Å²) in [6.07, 6.45) is 0. The Labute approximate surface area is 77.3 Å². The largest absolute Gasteiger partial charge is 0.382 e. The first-order chi connectivity index (χ1) is 6.31. The molecule has 6 heteroatoms. The fraction of sp³-hybridized carbons (Fsp3) is 0.857. The van der Waals surface area contributed by atoms with E-state index < -0.39 is 0 Å².